The maximum absolute atomic E-state index is 11.5. The second kappa shape index (κ2) is 8.89. The molecule has 0 radical (unpaired) electrons. The van der Waals surface area contributed by atoms with Gasteiger partial charge >= 0.3 is 0 Å². The Morgan fingerprint density at radius 1 is 0.821 bits per heavy atom. The van der Waals surface area contributed by atoms with E-state index in [4.69, 9.17) is 10.1 Å². The van der Waals surface area contributed by atoms with E-state index in [1.807, 2.05) is 12.1 Å². The van der Waals surface area contributed by atoms with E-state index in [0.29, 0.717) is 5.75 Å². The first-order valence-electron chi connectivity index (χ1n) is 13.8. The number of ether oxygens (including phenoxy) is 1. The normalized spacial score (nSPS) is 18.1. The molecule has 39 heavy (non-hydrogen) atoms. The van der Waals surface area contributed by atoms with Crippen LogP contribution < -0.4 is 4.74 Å². The minimum absolute atomic E-state index is 0.146. The minimum Gasteiger partial charge on any atom is -0.507 e. The standard InChI is InChI=1S/C35H37NO2S/c1-21-10-9-11-22(2)32(21)39-30-15-25-24(14-29(30)38-20-36)28(37)16-27-31(25)23-12-7-8-13-26(23)35(27)18-33(3,4)17-34(5,6)19-35/h7-16,20,36-37H,17-19H2,1-6H3. The molecule has 2 aliphatic carbocycles. The molecule has 2 N–H and O–H groups in total. The van der Waals surface area contributed by atoms with E-state index in [1.165, 1.54) is 44.7 Å². The number of hydrogen-bond acceptors (Lipinski definition) is 4. The smallest absolute Gasteiger partial charge is 0.173 e. The summed E-state index contributed by atoms with van der Waals surface area (Å²) in [6.07, 6.45) is 4.26. The van der Waals surface area contributed by atoms with E-state index in [0.717, 1.165) is 34.9 Å². The number of aromatic hydroxyl groups is 1. The SMILES string of the molecule is Cc1cccc(C)c1Sc1cc2c3c(cc(O)c2cc1OC=N)C1(CC(C)(C)CC(C)(C)C1)c1ccccc1-3. The molecule has 0 aliphatic heterocycles. The van der Waals surface area contributed by atoms with Crippen LogP contribution in [0.1, 0.15) is 69.2 Å². The number of benzene rings is 4. The molecule has 2 aliphatic rings. The minimum atomic E-state index is -0.146. The van der Waals surface area contributed by atoms with Crippen molar-refractivity contribution in [3.8, 4) is 22.6 Å². The van der Waals surface area contributed by atoms with Crippen LogP contribution in [-0.4, -0.2) is 11.5 Å². The average molecular weight is 536 g/mol. The second-order valence-electron chi connectivity index (χ2n) is 13.2. The van der Waals surface area contributed by atoms with Crippen LogP contribution in [0.2, 0.25) is 0 Å². The van der Waals surface area contributed by atoms with Crippen LogP contribution in [0.5, 0.6) is 11.5 Å². The van der Waals surface area contributed by atoms with E-state index in [-0.39, 0.29) is 22.0 Å². The van der Waals surface area contributed by atoms with E-state index in [2.05, 4.69) is 90.1 Å². The zero-order chi connectivity index (χ0) is 27.7. The van der Waals surface area contributed by atoms with Crippen molar-refractivity contribution in [2.75, 3.05) is 0 Å². The number of hydrogen-bond donors (Lipinski definition) is 2. The Bertz CT molecular complexity index is 1610. The first kappa shape index (κ1) is 26.0. The Kier molecular flexibility index (Phi) is 5.93. The highest BCUT2D eigenvalue weighted by molar-refractivity contribution is 7.99. The lowest BCUT2D eigenvalue weighted by molar-refractivity contribution is 0.0645. The lowest BCUT2D eigenvalue weighted by atomic mass is 9.52. The molecule has 1 saturated carbocycles. The average Bonchev–Trinajstić information content (AvgIpc) is 3.08. The Hall–Kier alpha value is -3.24. The lowest BCUT2D eigenvalue weighted by Gasteiger charge is -2.51. The van der Waals surface area contributed by atoms with Gasteiger partial charge < -0.3 is 9.84 Å². The Morgan fingerprint density at radius 3 is 2.15 bits per heavy atom. The second-order valence-corrected chi connectivity index (χ2v) is 14.3. The van der Waals surface area contributed by atoms with Crippen LogP contribution in [0.4, 0.5) is 0 Å². The zero-order valence-corrected chi connectivity index (χ0v) is 24.6. The summed E-state index contributed by atoms with van der Waals surface area (Å²) in [7, 11) is 0. The van der Waals surface area contributed by atoms with Gasteiger partial charge in [-0.05, 0) is 101 Å². The van der Waals surface area contributed by atoms with Crippen molar-refractivity contribution in [3.63, 3.8) is 0 Å². The number of fused-ring (bicyclic) bond motifs is 7. The molecule has 200 valence electrons. The van der Waals surface area contributed by atoms with Crippen LogP contribution >= 0.6 is 11.8 Å². The third-order valence-electron chi connectivity index (χ3n) is 8.73. The molecule has 0 saturated heterocycles. The summed E-state index contributed by atoms with van der Waals surface area (Å²) in [5.41, 5.74) is 7.75. The van der Waals surface area contributed by atoms with Gasteiger partial charge in [0.2, 0.25) is 0 Å². The molecule has 4 aromatic rings. The predicted molar refractivity (Wildman–Crippen MR) is 163 cm³/mol. The topological polar surface area (TPSA) is 53.3 Å². The number of phenolic OH excluding ortho intramolecular Hbond substituents is 1. The van der Waals surface area contributed by atoms with Crippen LogP contribution in [0.3, 0.4) is 0 Å². The molecule has 6 rings (SSSR count). The van der Waals surface area contributed by atoms with E-state index in [1.54, 1.807) is 11.8 Å². The first-order chi connectivity index (χ1) is 18.4. The largest absolute Gasteiger partial charge is 0.507 e. The molecule has 0 bridgehead atoms. The molecule has 0 unspecified atom stereocenters. The monoisotopic (exact) mass is 535 g/mol. The predicted octanol–water partition coefficient (Wildman–Crippen LogP) is 9.80. The van der Waals surface area contributed by atoms with Gasteiger partial charge in [-0.25, -0.2) is 0 Å². The molecular formula is C35H37NO2S. The number of nitrogens with one attached hydrogen (secondary N) is 1. The van der Waals surface area contributed by atoms with Gasteiger partial charge in [0.1, 0.15) is 11.5 Å². The maximum atomic E-state index is 11.5. The number of aryl methyl sites for hydroxylation is 2. The lowest BCUT2D eigenvalue weighted by Crippen LogP contribution is -2.43. The molecule has 0 atom stereocenters. The third-order valence-corrected chi connectivity index (χ3v) is 10.1. The molecule has 4 heteroatoms. The number of rotatable bonds is 4. The van der Waals surface area contributed by atoms with Crippen molar-refractivity contribution >= 4 is 28.9 Å². The summed E-state index contributed by atoms with van der Waals surface area (Å²) in [6, 6.07) is 21.3. The Balaban J connectivity index is 1.66. The van der Waals surface area contributed by atoms with E-state index < -0.39 is 0 Å². The molecular weight excluding hydrogens is 498 g/mol. The van der Waals surface area contributed by atoms with E-state index >= 15 is 0 Å². The quantitative estimate of drug-likeness (QED) is 0.202. The molecule has 3 nitrogen and oxygen atoms in total. The highest BCUT2D eigenvalue weighted by Gasteiger charge is 2.53. The molecule has 0 heterocycles. The summed E-state index contributed by atoms with van der Waals surface area (Å²) in [5, 5.41) is 21.0. The van der Waals surface area contributed by atoms with Crippen LogP contribution in [0, 0.1) is 30.1 Å². The van der Waals surface area contributed by atoms with Gasteiger partial charge in [-0.1, -0.05) is 81.9 Å². The van der Waals surface area contributed by atoms with Crippen molar-refractivity contribution in [2.24, 2.45) is 10.8 Å². The van der Waals surface area contributed by atoms with Crippen molar-refractivity contribution in [3.05, 3.63) is 82.9 Å². The van der Waals surface area contributed by atoms with Crippen molar-refractivity contribution in [1.29, 1.82) is 5.41 Å². The van der Waals surface area contributed by atoms with Crippen molar-refractivity contribution in [2.45, 2.75) is 76.0 Å². The number of phenols is 1. The van der Waals surface area contributed by atoms with Gasteiger partial charge in [-0.15, -0.1) is 0 Å². The summed E-state index contributed by atoms with van der Waals surface area (Å²) >= 11 is 1.67. The fraction of sp³-hybridized carbons (Fsp3) is 0.343. The zero-order valence-electron chi connectivity index (χ0n) is 23.7. The fourth-order valence-electron chi connectivity index (χ4n) is 8.14. The highest BCUT2D eigenvalue weighted by atomic mass is 32.2. The summed E-state index contributed by atoms with van der Waals surface area (Å²) in [6.45, 7) is 13.9. The van der Waals surface area contributed by atoms with Crippen LogP contribution in [0.15, 0.2) is 70.5 Å². The van der Waals surface area contributed by atoms with Gasteiger partial charge in [0.15, 0.2) is 6.40 Å². The summed E-state index contributed by atoms with van der Waals surface area (Å²) in [4.78, 5) is 2.13. The Morgan fingerprint density at radius 2 is 1.49 bits per heavy atom. The molecule has 1 spiro atoms. The molecule has 4 aromatic carbocycles. The van der Waals surface area contributed by atoms with Gasteiger partial charge in [0.25, 0.3) is 0 Å². The molecule has 0 amide bonds. The fourth-order valence-corrected chi connectivity index (χ4v) is 9.21. The van der Waals surface area contributed by atoms with Gasteiger partial charge in [-0.2, -0.15) is 0 Å². The summed E-state index contributed by atoms with van der Waals surface area (Å²) in [5.74, 6) is 0.858. The van der Waals surface area contributed by atoms with Gasteiger partial charge in [-0.3, -0.25) is 5.41 Å². The van der Waals surface area contributed by atoms with Crippen molar-refractivity contribution in [1.82, 2.24) is 0 Å². The van der Waals surface area contributed by atoms with Crippen molar-refractivity contribution < 1.29 is 9.84 Å². The maximum Gasteiger partial charge on any atom is 0.173 e. The molecule has 0 aromatic heterocycles. The molecule has 1 fully saturated rings. The highest BCUT2D eigenvalue weighted by Crippen LogP contribution is 2.65. The van der Waals surface area contributed by atoms with Crippen LogP contribution in [-0.2, 0) is 5.41 Å². The van der Waals surface area contributed by atoms with E-state index in [9.17, 15) is 5.11 Å². The first-order valence-corrected chi connectivity index (χ1v) is 14.6. The summed E-state index contributed by atoms with van der Waals surface area (Å²) < 4.78 is 5.72. The van der Waals surface area contributed by atoms with Crippen LogP contribution in [0.25, 0.3) is 21.9 Å². The van der Waals surface area contributed by atoms with Gasteiger partial charge in [0.05, 0.1) is 4.90 Å². The van der Waals surface area contributed by atoms with Gasteiger partial charge in [0, 0.05) is 15.7 Å². The third kappa shape index (κ3) is 4.15. The Labute approximate surface area is 236 Å².